The number of pyridine rings is 1. The maximum atomic E-state index is 11.7. The van der Waals surface area contributed by atoms with E-state index in [1.165, 1.54) is 6.20 Å². The summed E-state index contributed by atoms with van der Waals surface area (Å²) in [5.74, 6) is 0.575. The molecular formula is C14H10N4O. The van der Waals surface area contributed by atoms with Crippen molar-refractivity contribution in [3.8, 4) is 6.07 Å². The molecule has 2 aromatic rings. The van der Waals surface area contributed by atoms with E-state index >= 15 is 0 Å². The van der Waals surface area contributed by atoms with E-state index in [4.69, 9.17) is 5.26 Å². The average Bonchev–Trinajstić information content (AvgIpc) is 2.46. The molecule has 5 nitrogen and oxygen atoms in total. The van der Waals surface area contributed by atoms with Gasteiger partial charge in [-0.3, -0.25) is 4.79 Å². The molecule has 5 heteroatoms. The van der Waals surface area contributed by atoms with E-state index in [2.05, 4.69) is 10.3 Å². The van der Waals surface area contributed by atoms with Crippen LogP contribution in [-0.4, -0.2) is 17.4 Å². The summed E-state index contributed by atoms with van der Waals surface area (Å²) < 4.78 is 0. The van der Waals surface area contributed by atoms with Gasteiger partial charge in [0.15, 0.2) is 0 Å². The van der Waals surface area contributed by atoms with Gasteiger partial charge in [-0.25, -0.2) is 4.98 Å². The zero-order valence-electron chi connectivity index (χ0n) is 10.00. The Morgan fingerprint density at radius 1 is 1.26 bits per heavy atom. The molecule has 1 aliphatic rings. The number of rotatable bonds is 1. The zero-order valence-corrected chi connectivity index (χ0v) is 10.00. The molecule has 2 heterocycles. The molecule has 0 saturated carbocycles. The zero-order chi connectivity index (χ0) is 13.2. The number of fused-ring (bicyclic) bond motifs is 1. The van der Waals surface area contributed by atoms with Crippen molar-refractivity contribution in [2.45, 2.75) is 0 Å². The normalized spacial score (nSPS) is 13.4. The molecule has 0 atom stereocenters. The van der Waals surface area contributed by atoms with E-state index in [1.54, 1.807) is 12.1 Å². The topological polar surface area (TPSA) is 69.0 Å². The molecule has 3 rings (SSSR count). The number of amides is 1. The third-order valence-corrected chi connectivity index (χ3v) is 2.92. The molecule has 0 saturated heterocycles. The standard InChI is InChI=1S/C14H10N4O/c15-7-10-5-6-13(16-8-10)18-9-14(19)17-11-3-1-2-4-12(11)18/h1-6,8H,9H2,(H,17,19). The summed E-state index contributed by atoms with van der Waals surface area (Å²) in [6, 6.07) is 13.0. The predicted molar refractivity (Wildman–Crippen MR) is 71.0 cm³/mol. The maximum absolute atomic E-state index is 11.7. The highest BCUT2D eigenvalue weighted by Crippen LogP contribution is 2.33. The maximum Gasteiger partial charge on any atom is 0.244 e. The van der Waals surface area contributed by atoms with Crippen molar-refractivity contribution < 1.29 is 4.79 Å². The molecule has 0 spiro atoms. The largest absolute Gasteiger partial charge is 0.323 e. The van der Waals surface area contributed by atoms with Crippen molar-refractivity contribution in [1.82, 2.24) is 4.98 Å². The molecule has 0 radical (unpaired) electrons. The lowest BCUT2D eigenvalue weighted by atomic mass is 10.2. The second-order valence-electron chi connectivity index (χ2n) is 4.17. The molecule has 1 aliphatic heterocycles. The van der Waals surface area contributed by atoms with Crippen LogP contribution in [0.3, 0.4) is 0 Å². The number of nitriles is 1. The van der Waals surface area contributed by atoms with Gasteiger partial charge >= 0.3 is 0 Å². The van der Waals surface area contributed by atoms with E-state index in [0.717, 1.165) is 11.4 Å². The Hall–Kier alpha value is -2.87. The smallest absolute Gasteiger partial charge is 0.244 e. The number of para-hydroxylation sites is 2. The monoisotopic (exact) mass is 250 g/mol. The lowest BCUT2D eigenvalue weighted by molar-refractivity contribution is -0.115. The Morgan fingerprint density at radius 2 is 2.11 bits per heavy atom. The number of hydrogen-bond acceptors (Lipinski definition) is 4. The van der Waals surface area contributed by atoms with Crippen molar-refractivity contribution in [2.24, 2.45) is 0 Å². The van der Waals surface area contributed by atoms with Gasteiger partial charge in [0.2, 0.25) is 5.91 Å². The quantitative estimate of drug-likeness (QED) is 0.840. The fourth-order valence-electron chi connectivity index (χ4n) is 2.05. The first-order valence-corrected chi connectivity index (χ1v) is 5.80. The Balaban J connectivity index is 2.05. The summed E-state index contributed by atoms with van der Waals surface area (Å²) in [7, 11) is 0. The number of aromatic nitrogens is 1. The first-order chi connectivity index (χ1) is 9.28. The number of hydrogen-bond donors (Lipinski definition) is 1. The lowest BCUT2D eigenvalue weighted by Gasteiger charge is -2.29. The minimum absolute atomic E-state index is 0.0788. The van der Waals surface area contributed by atoms with Crippen LogP contribution in [0.1, 0.15) is 5.56 Å². The molecule has 1 N–H and O–H groups in total. The van der Waals surface area contributed by atoms with Crippen LogP contribution in [0.5, 0.6) is 0 Å². The molecule has 92 valence electrons. The predicted octanol–water partition coefficient (Wildman–Crippen LogP) is 2.04. The first-order valence-electron chi connectivity index (χ1n) is 5.80. The molecule has 0 bridgehead atoms. The molecule has 1 amide bonds. The minimum atomic E-state index is -0.0788. The number of nitrogens with zero attached hydrogens (tertiary/aromatic N) is 3. The van der Waals surface area contributed by atoms with Crippen LogP contribution in [0.4, 0.5) is 17.2 Å². The van der Waals surface area contributed by atoms with Gasteiger partial charge in [0.05, 0.1) is 16.9 Å². The van der Waals surface area contributed by atoms with Crippen LogP contribution >= 0.6 is 0 Å². The van der Waals surface area contributed by atoms with E-state index in [1.807, 2.05) is 35.2 Å². The summed E-state index contributed by atoms with van der Waals surface area (Å²) in [5.41, 5.74) is 2.17. The summed E-state index contributed by atoms with van der Waals surface area (Å²) in [5, 5.41) is 11.6. The fraction of sp³-hybridized carbons (Fsp3) is 0.0714. The van der Waals surface area contributed by atoms with Gasteiger partial charge in [-0.05, 0) is 24.3 Å². The summed E-state index contributed by atoms with van der Waals surface area (Å²) in [6.07, 6.45) is 1.50. The van der Waals surface area contributed by atoms with Gasteiger partial charge in [-0.1, -0.05) is 12.1 Å². The van der Waals surface area contributed by atoms with Gasteiger partial charge in [0.25, 0.3) is 0 Å². The second kappa shape index (κ2) is 4.42. The first kappa shape index (κ1) is 11.2. The van der Waals surface area contributed by atoms with Gasteiger partial charge in [0, 0.05) is 6.20 Å². The second-order valence-corrected chi connectivity index (χ2v) is 4.17. The Morgan fingerprint density at radius 3 is 2.84 bits per heavy atom. The Kier molecular flexibility index (Phi) is 2.62. The Bertz CT molecular complexity index is 673. The molecule has 19 heavy (non-hydrogen) atoms. The summed E-state index contributed by atoms with van der Waals surface area (Å²) in [6.45, 7) is 0.218. The molecule has 0 aliphatic carbocycles. The molecule has 0 unspecified atom stereocenters. The van der Waals surface area contributed by atoms with Crippen LogP contribution in [0.2, 0.25) is 0 Å². The van der Waals surface area contributed by atoms with Crippen molar-refractivity contribution >= 4 is 23.1 Å². The third-order valence-electron chi connectivity index (χ3n) is 2.92. The van der Waals surface area contributed by atoms with Crippen molar-refractivity contribution in [3.63, 3.8) is 0 Å². The van der Waals surface area contributed by atoms with E-state index in [-0.39, 0.29) is 12.5 Å². The number of anilines is 3. The molecule has 1 aromatic heterocycles. The lowest BCUT2D eigenvalue weighted by Crippen LogP contribution is -2.35. The van der Waals surface area contributed by atoms with Crippen LogP contribution in [0, 0.1) is 11.3 Å². The van der Waals surface area contributed by atoms with Crippen LogP contribution in [-0.2, 0) is 4.79 Å². The number of carbonyl (C=O) groups is 1. The van der Waals surface area contributed by atoms with Gasteiger partial charge in [0.1, 0.15) is 18.4 Å². The fourth-order valence-corrected chi connectivity index (χ4v) is 2.05. The average molecular weight is 250 g/mol. The van der Waals surface area contributed by atoms with Crippen molar-refractivity contribution in [2.75, 3.05) is 16.8 Å². The van der Waals surface area contributed by atoms with Gasteiger partial charge in [-0.15, -0.1) is 0 Å². The van der Waals surface area contributed by atoms with E-state index in [0.29, 0.717) is 11.4 Å². The minimum Gasteiger partial charge on any atom is -0.323 e. The van der Waals surface area contributed by atoms with E-state index in [9.17, 15) is 4.79 Å². The Labute approximate surface area is 110 Å². The molecule has 0 fully saturated rings. The number of nitrogens with one attached hydrogen (secondary N) is 1. The van der Waals surface area contributed by atoms with Crippen molar-refractivity contribution in [3.05, 3.63) is 48.2 Å². The van der Waals surface area contributed by atoms with Crippen molar-refractivity contribution in [1.29, 1.82) is 5.26 Å². The molecular weight excluding hydrogens is 240 g/mol. The molecule has 1 aromatic carbocycles. The van der Waals surface area contributed by atoms with Gasteiger partial charge < -0.3 is 10.2 Å². The summed E-state index contributed by atoms with van der Waals surface area (Å²) >= 11 is 0. The SMILES string of the molecule is N#Cc1ccc(N2CC(=O)Nc3ccccc32)nc1. The summed E-state index contributed by atoms with van der Waals surface area (Å²) in [4.78, 5) is 17.8. The van der Waals surface area contributed by atoms with Gasteiger partial charge in [-0.2, -0.15) is 5.26 Å². The number of carbonyl (C=O) groups excluding carboxylic acids is 1. The highest BCUT2D eigenvalue weighted by Gasteiger charge is 2.23. The highest BCUT2D eigenvalue weighted by atomic mass is 16.2. The van der Waals surface area contributed by atoms with E-state index < -0.39 is 0 Å². The highest BCUT2D eigenvalue weighted by molar-refractivity contribution is 6.02. The van der Waals surface area contributed by atoms with Crippen LogP contribution in [0.15, 0.2) is 42.6 Å². The van der Waals surface area contributed by atoms with Crippen LogP contribution in [0.25, 0.3) is 0 Å². The number of benzene rings is 1. The van der Waals surface area contributed by atoms with Crippen LogP contribution < -0.4 is 10.2 Å². The third kappa shape index (κ3) is 2.00.